The molecule has 1 rings (SSSR count). The molecule has 0 unspecified atom stereocenters. The zero-order valence-corrected chi connectivity index (χ0v) is 12.6. The summed E-state index contributed by atoms with van der Waals surface area (Å²) in [5.74, 6) is -0.842. The van der Waals surface area contributed by atoms with Crippen molar-refractivity contribution in [2.75, 3.05) is 12.4 Å². The fourth-order valence-electron chi connectivity index (χ4n) is 2.00. The summed E-state index contributed by atoms with van der Waals surface area (Å²) in [6.45, 7) is 4.44. The molecule has 1 aromatic carbocycles. The molecule has 0 saturated heterocycles. The van der Waals surface area contributed by atoms with Crippen LogP contribution in [0.5, 0.6) is 0 Å². The Morgan fingerprint density at radius 2 is 1.90 bits per heavy atom. The molecule has 0 heterocycles. The Bertz CT molecular complexity index is 489. The van der Waals surface area contributed by atoms with Gasteiger partial charge in [-0.2, -0.15) is 0 Å². The van der Waals surface area contributed by atoms with Gasteiger partial charge in [0.05, 0.1) is 0 Å². The van der Waals surface area contributed by atoms with Crippen LogP contribution >= 0.6 is 0 Å². The van der Waals surface area contributed by atoms with Gasteiger partial charge in [0.15, 0.2) is 0 Å². The molecule has 4 N–H and O–H groups in total. The van der Waals surface area contributed by atoms with E-state index < -0.39 is 18.0 Å². The molecule has 6 nitrogen and oxygen atoms in total. The van der Waals surface area contributed by atoms with E-state index in [1.165, 1.54) is 0 Å². The molecular formula is C15H23N3O3. The third-order valence-corrected chi connectivity index (χ3v) is 2.94. The molecule has 1 aromatic rings. The van der Waals surface area contributed by atoms with Crippen molar-refractivity contribution in [3.05, 3.63) is 29.8 Å². The summed E-state index contributed by atoms with van der Waals surface area (Å²) in [5, 5.41) is 17.3. The van der Waals surface area contributed by atoms with E-state index in [-0.39, 0.29) is 5.92 Å². The molecule has 116 valence electrons. The highest BCUT2D eigenvalue weighted by Crippen LogP contribution is 2.14. The maximum atomic E-state index is 12.0. The van der Waals surface area contributed by atoms with Gasteiger partial charge in [0.25, 0.3) is 0 Å². The van der Waals surface area contributed by atoms with Gasteiger partial charge in [-0.1, -0.05) is 32.0 Å². The molecule has 0 aromatic heterocycles. The van der Waals surface area contributed by atoms with E-state index in [0.717, 1.165) is 5.56 Å². The minimum absolute atomic E-state index is 0.183. The predicted molar refractivity (Wildman–Crippen MR) is 82.2 cm³/mol. The lowest BCUT2D eigenvalue weighted by molar-refractivity contribution is -0.139. The molecule has 0 spiro atoms. The number of rotatable bonds is 7. The van der Waals surface area contributed by atoms with Crippen molar-refractivity contribution in [3.8, 4) is 0 Å². The zero-order valence-electron chi connectivity index (χ0n) is 12.6. The summed E-state index contributed by atoms with van der Waals surface area (Å²) in [6, 6.07) is 5.99. The number of urea groups is 1. The summed E-state index contributed by atoms with van der Waals surface area (Å²) in [7, 11) is 1.82. The van der Waals surface area contributed by atoms with E-state index in [1.807, 2.05) is 39.1 Å². The van der Waals surface area contributed by atoms with E-state index in [9.17, 15) is 9.59 Å². The Morgan fingerprint density at radius 3 is 2.48 bits per heavy atom. The maximum absolute atomic E-state index is 12.0. The lowest BCUT2D eigenvalue weighted by atomic mass is 10.0. The predicted octanol–water partition coefficient (Wildman–Crippen LogP) is 2.03. The molecule has 1 atom stereocenters. The summed E-state index contributed by atoms with van der Waals surface area (Å²) in [4.78, 5) is 23.1. The Balaban J connectivity index is 2.70. The number of anilines is 1. The van der Waals surface area contributed by atoms with Gasteiger partial charge in [-0.15, -0.1) is 0 Å². The molecule has 6 heteroatoms. The lowest BCUT2D eigenvalue weighted by Gasteiger charge is -2.18. The van der Waals surface area contributed by atoms with Crippen LogP contribution < -0.4 is 16.0 Å². The molecular weight excluding hydrogens is 270 g/mol. The van der Waals surface area contributed by atoms with E-state index >= 15 is 0 Å². The fraction of sp³-hybridized carbons (Fsp3) is 0.467. The van der Waals surface area contributed by atoms with Crippen LogP contribution in [-0.2, 0) is 11.3 Å². The number of para-hydroxylation sites is 1. The highest BCUT2D eigenvalue weighted by molar-refractivity contribution is 5.92. The first kappa shape index (κ1) is 17.0. The van der Waals surface area contributed by atoms with Gasteiger partial charge in [0.2, 0.25) is 0 Å². The third kappa shape index (κ3) is 5.83. The van der Waals surface area contributed by atoms with E-state index in [0.29, 0.717) is 18.7 Å². The van der Waals surface area contributed by atoms with Crippen LogP contribution in [0.3, 0.4) is 0 Å². The van der Waals surface area contributed by atoms with Crippen LogP contribution in [0.1, 0.15) is 25.8 Å². The molecule has 0 aliphatic heterocycles. The topological polar surface area (TPSA) is 90.5 Å². The molecule has 0 saturated carbocycles. The van der Waals surface area contributed by atoms with Gasteiger partial charge < -0.3 is 21.1 Å². The average molecular weight is 293 g/mol. The summed E-state index contributed by atoms with van der Waals surface area (Å²) >= 11 is 0. The highest BCUT2D eigenvalue weighted by atomic mass is 16.4. The van der Waals surface area contributed by atoms with Crippen LogP contribution in [0.25, 0.3) is 0 Å². The number of benzene rings is 1. The van der Waals surface area contributed by atoms with Crippen LogP contribution in [0.2, 0.25) is 0 Å². The van der Waals surface area contributed by atoms with Crippen LogP contribution in [-0.4, -0.2) is 30.2 Å². The maximum Gasteiger partial charge on any atom is 0.326 e. The van der Waals surface area contributed by atoms with E-state index in [2.05, 4.69) is 16.0 Å². The number of carbonyl (C=O) groups excluding carboxylic acids is 1. The van der Waals surface area contributed by atoms with Crippen molar-refractivity contribution in [2.24, 2.45) is 5.92 Å². The second-order valence-corrected chi connectivity index (χ2v) is 5.31. The zero-order chi connectivity index (χ0) is 15.8. The standard InChI is InChI=1S/C15H23N3O3/c1-10(2)8-13(14(19)20)18-15(21)17-12-7-5-4-6-11(12)9-16-3/h4-7,10,13,16H,8-9H2,1-3H3,(H,19,20)(H2,17,18,21)/t13-/m1/s1. The first-order valence-corrected chi connectivity index (χ1v) is 6.96. The smallest absolute Gasteiger partial charge is 0.326 e. The molecule has 0 bridgehead atoms. The number of nitrogens with one attached hydrogen (secondary N) is 3. The SMILES string of the molecule is CNCc1ccccc1NC(=O)N[C@H](CC(C)C)C(=O)O. The van der Waals surface area contributed by atoms with Gasteiger partial charge in [0.1, 0.15) is 6.04 Å². The second-order valence-electron chi connectivity index (χ2n) is 5.31. The molecule has 0 aliphatic rings. The van der Waals surface area contributed by atoms with Crippen molar-refractivity contribution in [1.29, 1.82) is 0 Å². The quantitative estimate of drug-likeness (QED) is 0.619. The molecule has 0 radical (unpaired) electrons. The number of hydrogen-bond acceptors (Lipinski definition) is 3. The van der Waals surface area contributed by atoms with Gasteiger partial charge in [-0.25, -0.2) is 9.59 Å². The Morgan fingerprint density at radius 1 is 1.24 bits per heavy atom. The van der Waals surface area contributed by atoms with Crippen molar-refractivity contribution in [2.45, 2.75) is 32.9 Å². The van der Waals surface area contributed by atoms with E-state index in [1.54, 1.807) is 6.07 Å². The highest BCUT2D eigenvalue weighted by Gasteiger charge is 2.21. The summed E-state index contributed by atoms with van der Waals surface area (Å²) in [5.41, 5.74) is 1.60. The number of carboxylic acids is 1. The van der Waals surface area contributed by atoms with Gasteiger partial charge >= 0.3 is 12.0 Å². The van der Waals surface area contributed by atoms with Crippen LogP contribution in [0, 0.1) is 5.92 Å². The first-order chi connectivity index (χ1) is 9.93. The lowest BCUT2D eigenvalue weighted by Crippen LogP contribution is -2.43. The monoisotopic (exact) mass is 293 g/mol. The fourth-order valence-corrected chi connectivity index (χ4v) is 2.00. The number of hydrogen-bond donors (Lipinski definition) is 4. The number of aliphatic carboxylic acids is 1. The second kappa shape index (κ2) is 8.26. The van der Waals surface area contributed by atoms with Gasteiger partial charge in [0, 0.05) is 12.2 Å². The normalized spacial score (nSPS) is 12.0. The van der Waals surface area contributed by atoms with E-state index in [4.69, 9.17) is 5.11 Å². The van der Waals surface area contributed by atoms with Crippen LogP contribution in [0.4, 0.5) is 10.5 Å². The Hall–Kier alpha value is -2.08. The average Bonchev–Trinajstić information content (AvgIpc) is 2.40. The third-order valence-electron chi connectivity index (χ3n) is 2.94. The van der Waals surface area contributed by atoms with Crippen LogP contribution in [0.15, 0.2) is 24.3 Å². The minimum Gasteiger partial charge on any atom is -0.480 e. The first-order valence-electron chi connectivity index (χ1n) is 6.96. The Labute approximate surface area is 124 Å². The number of amides is 2. The van der Waals surface area contributed by atoms with Gasteiger partial charge in [-0.3, -0.25) is 0 Å². The molecule has 0 fully saturated rings. The number of carboxylic acid groups (broad SMARTS) is 1. The molecule has 21 heavy (non-hydrogen) atoms. The Kier molecular flexibility index (Phi) is 6.68. The molecule has 2 amide bonds. The largest absolute Gasteiger partial charge is 0.480 e. The van der Waals surface area contributed by atoms with Crippen molar-refractivity contribution in [3.63, 3.8) is 0 Å². The summed E-state index contributed by atoms with van der Waals surface area (Å²) < 4.78 is 0. The van der Waals surface area contributed by atoms with Crippen molar-refractivity contribution < 1.29 is 14.7 Å². The van der Waals surface area contributed by atoms with Crippen molar-refractivity contribution >= 4 is 17.7 Å². The summed E-state index contributed by atoms with van der Waals surface area (Å²) in [6.07, 6.45) is 0.390. The van der Waals surface area contributed by atoms with Gasteiger partial charge in [-0.05, 0) is 31.0 Å². The number of carbonyl (C=O) groups is 2. The minimum atomic E-state index is -1.03. The molecule has 0 aliphatic carbocycles. The van der Waals surface area contributed by atoms with Crippen molar-refractivity contribution in [1.82, 2.24) is 10.6 Å².